The Morgan fingerprint density at radius 3 is 2.19 bits per heavy atom. The Morgan fingerprint density at radius 2 is 1.59 bits per heavy atom. The average molecular weight is 362 g/mol. The van der Waals surface area contributed by atoms with Crippen molar-refractivity contribution in [2.45, 2.75) is 26.2 Å². The molecule has 1 aliphatic heterocycles. The minimum atomic E-state index is -0.794. The van der Waals surface area contributed by atoms with Gasteiger partial charge in [0.25, 0.3) is 11.8 Å². The minimum absolute atomic E-state index is 0.0215. The molecule has 0 spiro atoms. The lowest BCUT2D eigenvalue weighted by molar-refractivity contribution is -0.0587. The van der Waals surface area contributed by atoms with Crippen LogP contribution in [0.1, 0.15) is 57.5 Å². The standard InChI is InChI=1S/C21H18N2O4/c1-21(2,3)13-8-9-16-12(10-13)11-17(22-16)20(26)27-23-18(24)14-6-4-5-7-15(14)19(23)25/h4-11,22H,1-3H3. The maximum Gasteiger partial charge on any atom is 0.380 e. The molecule has 0 aliphatic carbocycles. The third-order valence-corrected chi connectivity index (χ3v) is 4.64. The van der Waals surface area contributed by atoms with Crippen molar-refractivity contribution < 1.29 is 19.2 Å². The number of imide groups is 1. The predicted molar refractivity (Wildman–Crippen MR) is 99.4 cm³/mol. The number of nitrogens with one attached hydrogen (secondary N) is 1. The van der Waals surface area contributed by atoms with E-state index in [0.29, 0.717) is 5.06 Å². The molecule has 3 aromatic rings. The van der Waals surface area contributed by atoms with Crippen molar-refractivity contribution >= 4 is 28.7 Å². The highest BCUT2D eigenvalue weighted by atomic mass is 16.7. The van der Waals surface area contributed by atoms with Gasteiger partial charge in [0, 0.05) is 10.9 Å². The zero-order valence-corrected chi connectivity index (χ0v) is 15.2. The lowest BCUT2D eigenvalue weighted by Gasteiger charge is -2.18. The molecule has 2 amide bonds. The molecule has 4 rings (SSSR count). The molecule has 6 nitrogen and oxygen atoms in total. The van der Waals surface area contributed by atoms with Crippen molar-refractivity contribution in [3.8, 4) is 0 Å². The molecule has 6 heteroatoms. The quantitative estimate of drug-likeness (QED) is 0.703. The molecule has 0 unspecified atom stereocenters. The van der Waals surface area contributed by atoms with Crippen LogP contribution < -0.4 is 0 Å². The van der Waals surface area contributed by atoms with E-state index < -0.39 is 17.8 Å². The number of nitrogens with zero attached hydrogens (tertiary/aromatic N) is 1. The first kappa shape index (κ1) is 17.0. The molecule has 0 saturated heterocycles. The molecule has 1 aromatic heterocycles. The highest BCUT2D eigenvalue weighted by Crippen LogP contribution is 2.27. The van der Waals surface area contributed by atoms with Crippen LogP contribution in [0.5, 0.6) is 0 Å². The highest BCUT2D eigenvalue weighted by molar-refractivity contribution is 6.21. The van der Waals surface area contributed by atoms with E-state index in [-0.39, 0.29) is 22.2 Å². The monoisotopic (exact) mass is 362 g/mol. The number of rotatable bonds is 2. The topological polar surface area (TPSA) is 79.5 Å². The maximum absolute atomic E-state index is 12.5. The Kier molecular flexibility index (Phi) is 3.66. The van der Waals surface area contributed by atoms with Gasteiger partial charge in [-0.3, -0.25) is 9.59 Å². The number of fused-ring (bicyclic) bond motifs is 2. The van der Waals surface area contributed by atoms with Crippen LogP contribution in [0, 0.1) is 0 Å². The molecule has 136 valence electrons. The van der Waals surface area contributed by atoms with E-state index in [1.807, 2.05) is 18.2 Å². The molecule has 2 aromatic carbocycles. The van der Waals surface area contributed by atoms with Crippen LogP contribution in [0.25, 0.3) is 10.9 Å². The second-order valence-corrected chi connectivity index (χ2v) is 7.56. The number of benzene rings is 2. The Balaban J connectivity index is 1.61. The normalized spacial score (nSPS) is 14.0. The van der Waals surface area contributed by atoms with E-state index in [2.05, 4.69) is 25.8 Å². The summed E-state index contributed by atoms with van der Waals surface area (Å²) in [6.07, 6.45) is 0. The Morgan fingerprint density at radius 1 is 0.963 bits per heavy atom. The van der Waals surface area contributed by atoms with E-state index >= 15 is 0 Å². The largest absolute Gasteiger partial charge is 0.380 e. The van der Waals surface area contributed by atoms with Crippen LogP contribution >= 0.6 is 0 Å². The molecule has 27 heavy (non-hydrogen) atoms. The van der Waals surface area contributed by atoms with Crippen molar-refractivity contribution in [2.24, 2.45) is 0 Å². The summed E-state index contributed by atoms with van der Waals surface area (Å²) in [5, 5.41) is 1.37. The Hall–Kier alpha value is -3.41. The average Bonchev–Trinajstić information content (AvgIpc) is 3.16. The van der Waals surface area contributed by atoms with Crippen molar-refractivity contribution in [1.82, 2.24) is 10.0 Å². The number of aromatic nitrogens is 1. The highest BCUT2D eigenvalue weighted by Gasteiger charge is 2.39. The molecular formula is C21H18N2O4. The SMILES string of the molecule is CC(C)(C)c1ccc2[nH]c(C(=O)ON3C(=O)c4ccccc4C3=O)cc2c1. The van der Waals surface area contributed by atoms with E-state index in [1.54, 1.807) is 18.2 Å². The van der Waals surface area contributed by atoms with Gasteiger partial charge in [-0.25, -0.2) is 4.79 Å². The van der Waals surface area contributed by atoms with Gasteiger partial charge in [-0.15, -0.1) is 0 Å². The fourth-order valence-corrected chi connectivity index (χ4v) is 3.09. The lowest BCUT2D eigenvalue weighted by atomic mass is 9.86. The van der Waals surface area contributed by atoms with Gasteiger partial charge in [0.2, 0.25) is 0 Å². The summed E-state index contributed by atoms with van der Waals surface area (Å²) in [7, 11) is 0. The summed E-state index contributed by atoms with van der Waals surface area (Å²) in [6.45, 7) is 6.33. The van der Waals surface area contributed by atoms with Gasteiger partial charge in [0.05, 0.1) is 11.1 Å². The van der Waals surface area contributed by atoms with Crippen LogP contribution in [-0.4, -0.2) is 27.8 Å². The number of aromatic amines is 1. The third-order valence-electron chi connectivity index (χ3n) is 4.64. The van der Waals surface area contributed by atoms with Crippen molar-refractivity contribution in [1.29, 1.82) is 0 Å². The van der Waals surface area contributed by atoms with Crippen molar-refractivity contribution in [2.75, 3.05) is 0 Å². The summed E-state index contributed by atoms with van der Waals surface area (Å²) in [4.78, 5) is 45.2. The zero-order chi connectivity index (χ0) is 19.3. The molecule has 0 bridgehead atoms. The van der Waals surface area contributed by atoms with Crippen LogP contribution in [-0.2, 0) is 10.3 Å². The fourth-order valence-electron chi connectivity index (χ4n) is 3.09. The van der Waals surface area contributed by atoms with Crippen molar-refractivity contribution in [3.05, 3.63) is 70.9 Å². The maximum atomic E-state index is 12.5. The van der Waals surface area contributed by atoms with E-state index in [0.717, 1.165) is 16.5 Å². The predicted octanol–water partition coefficient (Wildman–Crippen LogP) is 3.83. The summed E-state index contributed by atoms with van der Waals surface area (Å²) < 4.78 is 0. The smallest absolute Gasteiger partial charge is 0.349 e. The summed E-state index contributed by atoms with van der Waals surface area (Å²) in [5.74, 6) is -2.08. The zero-order valence-electron chi connectivity index (χ0n) is 15.2. The summed E-state index contributed by atoms with van der Waals surface area (Å²) in [5.41, 5.74) is 2.51. The fraction of sp³-hybridized carbons (Fsp3) is 0.190. The molecular weight excluding hydrogens is 344 g/mol. The molecule has 1 aliphatic rings. The number of hydrogen-bond acceptors (Lipinski definition) is 4. The van der Waals surface area contributed by atoms with Crippen LogP contribution in [0.3, 0.4) is 0 Å². The first-order valence-electron chi connectivity index (χ1n) is 8.59. The Labute approximate surface area is 155 Å². The van der Waals surface area contributed by atoms with E-state index in [1.165, 1.54) is 12.1 Å². The van der Waals surface area contributed by atoms with Crippen LogP contribution in [0.4, 0.5) is 0 Å². The molecule has 0 atom stereocenters. The van der Waals surface area contributed by atoms with Crippen LogP contribution in [0.15, 0.2) is 48.5 Å². The van der Waals surface area contributed by atoms with E-state index in [9.17, 15) is 14.4 Å². The third kappa shape index (κ3) is 2.79. The minimum Gasteiger partial charge on any atom is -0.349 e. The number of carbonyl (C=O) groups is 3. The summed E-state index contributed by atoms with van der Waals surface area (Å²) >= 11 is 0. The van der Waals surface area contributed by atoms with Gasteiger partial charge in [0.15, 0.2) is 0 Å². The molecule has 0 fully saturated rings. The van der Waals surface area contributed by atoms with Gasteiger partial charge in [-0.1, -0.05) is 44.0 Å². The molecule has 0 radical (unpaired) electrons. The first-order chi connectivity index (χ1) is 12.8. The second kappa shape index (κ2) is 5.81. The number of hydroxylamine groups is 2. The molecule has 0 saturated carbocycles. The van der Waals surface area contributed by atoms with Gasteiger partial charge in [0.1, 0.15) is 5.69 Å². The first-order valence-corrected chi connectivity index (χ1v) is 8.59. The number of H-pyrrole nitrogens is 1. The van der Waals surface area contributed by atoms with Gasteiger partial charge < -0.3 is 9.82 Å². The number of hydrogen-bond donors (Lipinski definition) is 1. The van der Waals surface area contributed by atoms with Gasteiger partial charge in [-0.05, 0) is 41.3 Å². The number of carbonyl (C=O) groups excluding carboxylic acids is 3. The van der Waals surface area contributed by atoms with Gasteiger partial charge >= 0.3 is 5.97 Å². The molecule has 1 N–H and O–H groups in total. The molecule has 2 heterocycles. The lowest BCUT2D eigenvalue weighted by Crippen LogP contribution is -2.32. The van der Waals surface area contributed by atoms with Crippen molar-refractivity contribution in [3.63, 3.8) is 0 Å². The van der Waals surface area contributed by atoms with E-state index in [4.69, 9.17) is 4.84 Å². The summed E-state index contributed by atoms with van der Waals surface area (Å²) in [6, 6.07) is 13.9. The van der Waals surface area contributed by atoms with Gasteiger partial charge in [-0.2, -0.15) is 0 Å². The van der Waals surface area contributed by atoms with Crippen LogP contribution in [0.2, 0.25) is 0 Å². The second-order valence-electron chi connectivity index (χ2n) is 7.56. The number of amides is 2. The Bertz CT molecular complexity index is 1070.